The second kappa shape index (κ2) is 5.65. The van der Waals surface area contributed by atoms with Gasteiger partial charge >= 0.3 is 11.9 Å². The lowest BCUT2D eigenvalue weighted by molar-refractivity contribution is -0.388. The number of hydrogen-bond donors (Lipinski definition) is 0. The van der Waals surface area contributed by atoms with E-state index < -0.39 is 29.0 Å². The largest absolute Gasteiger partial charge is 0.487 e. The first-order valence-electron chi connectivity index (χ1n) is 4.94. The molecule has 100 valence electrons. The molecule has 0 aliphatic heterocycles. The van der Waals surface area contributed by atoms with Crippen molar-refractivity contribution in [1.82, 2.24) is 0 Å². The molecule has 0 aromatic heterocycles. The SMILES string of the molecule is O=[N+]([O-])c1c(F)cccc1OCCCC(F)(F)F. The van der Waals surface area contributed by atoms with Crippen molar-refractivity contribution in [2.75, 3.05) is 6.61 Å². The number of ether oxygens (including phenoxy) is 1. The molecule has 0 amide bonds. The molecule has 0 saturated heterocycles. The van der Waals surface area contributed by atoms with E-state index in [4.69, 9.17) is 4.74 Å². The van der Waals surface area contributed by atoms with E-state index in [0.29, 0.717) is 0 Å². The molecule has 0 spiro atoms. The highest BCUT2D eigenvalue weighted by Gasteiger charge is 2.26. The molecular formula is C10H9F4NO3. The lowest BCUT2D eigenvalue weighted by Gasteiger charge is -2.08. The Morgan fingerprint density at radius 1 is 1.33 bits per heavy atom. The number of hydrogen-bond acceptors (Lipinski definition) is 3. The van der Waals surface area contributed by atoms with E-state index in [1.54, 1.807) is 0 Å². The van der Waals surface area contributed by atoms with Crippen LogP contribution in [0.2, 0.25) is 0 Å². The Labute approximate surface area is 99.3 Å². The van der Waals surface area contributed by atoms with Crippen molar-refractivity contribution in [2.24, 2.45) is 0 Å². The highest BCUT2D eigenvalue weighted by molar-refractivity contribution is 5.47. The molecule has 0 unspecified atom stereocenters. The number of rotatable bonds is 5. The fraction of sp³-hybridized carbons (Fsp3) is 0.400. The summed E-state index contributed by atoms with van der Waals surface area (Å²) in [6.45, 7) is -0.371. The molecule has 8 heteroatoms. The van der Waals surface area contributed by atoms with Crippen LogP contribution in [0.1, 0.15) is 12.8 Å². The van der Waals surface area contributed by atoms with E-state index in [2.05, 4.69) is 0 Å². The van der Waals surface area contributed by atoms with Crippen molar-refractivity contribution in [3.05, 3.63) is 34.1 Å². The van der Waals surface area contributed by atoms with Gasteiger partial charge in [0.1, 0.15) is 0 Å². The van der Waals surface area contributed by atoms with Crippen molar-refractivity contribution in [2.45, 2.75) is 19.0 Å². The van der Waals surface area contributed by atoms with Gasteiger partial charge in [0.25, 0.3) is 0 Å². The van der Waals surface area contributed by atoms with Crippen molar-refractivity contribution in [3.63, 3.8) is 0 Å². The topological polar surface area (TPSA) is 52.4 Å². The zero-order valence-corrected chi connectivity index (χ0v) is 9.04. The van der Waals surface area contributed by atoms with Crippen LogP contribution in [0.25, 0.3) is 0 Å². The summed E-state index contributed by atoms with van der Waals surface area (Å²) >= 11 is 0. The van der Waals surface area contributed by atoms with Gasteiger partial charge in [-0.3, -0.25) is 10.1 Å². The zero-order valence-electron chi connectivity index (χ0n) is 9.04. The van der Waals surface area contributed by atoms with E-state index in [1.165, 1.54) is 6.07 Å². The first-order valence-corrected chi connectivity index (χ1v) is 4.94. The number of nitrogens with zero attached hydrogens (tertiary/aromatic N) is 1. The standard InChI is InChI=1S/C10H9F4NO3/c11-7-3-1-4-8(9(7)15(16)17)18-6-2-5-10(12,13)14/h1,3-4H,2,5-6H2. The summed E-state index contributed by atoms with van der Waals surface area (Å²) in [6.07, 6.45) is -5.72. The van der Waals surface area contributed by atoms with Crippen LogP contribution < -0.4 is 4.74 Å². The van der Waals surface area contributed by atoms with Gasteiger partial charge < -0.3 is 4.74 Å². The first kappa shape index (κ1) is 14.2. The molecule has 0 radical (unpaired) electrons. The van der Waals surface area contributed by atoms with Crippen LogP contribution in [-0.4, -0.2) is 17.7 Å². The number of nitro groups is 1. The van der Waals surface area contributed by atoms with E-state index in [1.807, 2.05) is 0 Å². The predicted molar refractivity (Wildman–Crippen MR) is 53.8 cm³/mol. The molecule has 0 aliphatic rings. The summed E-state index contributed by atoms with van der Waals surface area (Å²) in [5, 5.41) is 10.5. The van der Waals surface area contributed by atoms with Gasteiger partial charge in [-0.05, 0) is 18.6 Å². The van der Waals surface area contributed by atoms with Gasteiger partial charge in [0.2, 0.25) is 5.82 Å². The maximum atomic E-state index is 13.1. The molecule has 0 bridgehead atoms. The highest BCUT2D eigenvalue weighted by atomic mass is 19.4. The molecule has 18 heavy (non-hydrogen) atoms. The molecule has 0 saturated carbocycles. The normalized spacial score (nSPS) is 11.3. The second-order valence-electron chi connectivity index (χ2n) is 3.41. The minimum Gasteiger partial charge on any atom is -0.487 e. The van der Waals surface area contributed by atoms with Gasteiger partial charge in [-0.2, -0.15) is 17.6 Å². The molecule has 0 N–H and O–H groups in total. The van der Waals surface area contributed by atoms with Crippen LogP contribution in [0.3, 0.4) is 0 Å². The average Bonchev–Trinajstić information content (AvgIpc) is 2.22. The molecule has 0 fully saturated rings. The minimum absolute atomic E-state index is 0.350. The maximum absolute atomic E-state index is 13.1. The van der Waals surface area contributed by atoms with Crippen LogP contribution in [0.4, 0.5) is 23.2 Å². The molecular weight excluding hydrogens is 258 g/mol. The van der Waals surface area contributed by atoms with E-state index in [0.717, 1.165) is 12.1 Å². The van der Waals surface area contributed by atoms with E-state index in [-0.39, 0.29) is 18.8 Å². The maximum Gasteiger partial charge on any atom is 0.389 e. The Bertz CT molecular complexity index is 434. The number of para-hydroxylation sites is 1. The minimum atomic E-state index is -4.31. The third-order valence-electron chi connectivity index (χ3n) is 1.99. The van der Waals surface area contributed by atoms with Crippen LogP contribution in [0.5, 0.6) is 5.75 Å². The third kappa shape index (κ3) is 4.19. The number of benzene rings is 1. The number of alkyl halides is 3. The van der Waals surface area contributed by atoms with Gasteiger partial charge in [0, 0.05) is 6.42 Å². The zero-order chi connectivity index (χ0) is 13.8. The van der Waals surface area contributed by atoms with Gasteiger partial charge in [-0.25, -0.2) is 0 Å². The number of halogens is 4. The van der Waals surface area contributed by atoms with Gasteiger partial charge in [-0.15, -0.1) is 0 Å². The fourth-order valence-corrected chi connectivity index (χ4v) is 1.24. The van der Waals surface area contributed by atoms with Crippen molar-refractivity contribution in [1.29, 1.82) is 0 Å². The first-order chi connectivity index (χ1) is 8.31. The molecule has 1 aromatic carbocycles. The Kier molecular flexibility index (Phi) is 4.46. The Balaban J connectivity index is 2.63. The Morgan fingerprint density at radius 3 is 2.56 bits per heavy atom. The molecule has 4 nitrogen and oxygen atoms in total. The monoisotopic (exact) mass is 267 g/mol. The van der Waals surface area contributed by atoms with Crippen molar-refractivity contribution in [3.8, 4) is 5.75 Å². The van der Waals surface area contributed by atoms with E-state index in [9.17, 15) is 27.7 Å². The number of nitro benzene ring substituents is 1. The van der Waals surface area contributed by atoms with Gasteiger partial charge in [0.05, 0.1) is 11.5 Å². The average molecular weight is 267 g/mol. The molecule has 0 atom stereocenters. The summed E-state index contributed by atoms with van der Waals surface area (Å²) in [5.41, 5.74) is -0.871. The highest BCUT2D eigenvalue weighted by Crippen LogP contribution is 2.30. The summed E-state index contributed by atoms with van der Waals surface area (Å²) in [6, 6.07) is 3.19. The molecule has 1 rings (SSSR count). The summed E-state index contributed by atoms with van der Waals surface area (Å²) < 4.78 is 53.4. The van der Waals surface area contributed by atoms with Gasteiger partial charge in [0.15, 0.2) is 5.75 Å². The van der Waals surface area contributed by atoms with Crippen LogP contribution in [-0.2, 0) is 0 Å². The van der Waals surface area contributed by atoms with Crippen molar-refractivity contribution >= 4 is 5.69 Å². The summed E-state index contributed by atoms with van der Waals surface area (Å²) in [7, 11) is 0. The van der Waals surface area contributed by atoms with Crippen molar-refractivity contribution < 1.29 is 27.2 Å². The fourth-order valence-electron chi connectivity index (χ4n) is 1.24. The lowest BCUT2D eigenvalue weighted by atomic mass is 10.3. The van der Waals surface area contributed by atoms with Crippen LogP contribution in [0, 0.1) is 15.9 Å². The third-order valence-corrected chi connectivity index (χ3v) is 1.99. The second-order valence-corrected chi connectivity index (χ2v) is 3.41. The summed E-state index contributed by atoms with van der Waals surface area (Å²) in [5.74, 6) is -1.46. The summed E-state index contributed by atoms with van der Waals surface area (Å²) in [4.78, 5) is 9.56. The van der Waals surface area contributed by atoms with E-state index >= 15 is 0 Å². The molecule has 1 aromatic rings. The molecule has 0 aliphatic carbocycles. The quantitative estimate of drug-likeness (QED) is 0.355. The van der Waals surface area contributed by atoms with Gasteiger partial charge in [-0.1, -0.05) is 6.07 Å². The Morgan fingerprint density at radius 2 is 2.00 bits per heavy atom. The Hall–Kier alpha value is -1.86. The molecule has 0 heterocycles. The smallest absolute Gasteiger partial charge is 0.389 e. The predicted octanol–water partition coefficient (Wildman–Crippen LogP) is 3.46. The van der Waals surface area contributed by atoms with Crippen LogP contribution >= 0.6 is 0 Å². The van der Waals surface area contributed by atoms with Crippen LogP contribution in [0.15, 0.2) is 18.2 Å². The lowest BCUT2D eigenvalue weighted by Crippen LogP contribution is -2.10.